The Morgan fingerprint density at radius 2 is 1.88 bits per heavy atom. The zero-order valence-corrected chi connectivity index (χ0v) is 13.2. The third-order valence-corrected chi connectivity index (χ3v) is 3.81. The number of aryl methyl sites for hydroxylation is 1. The average Bonchev–Trinajstić information content (AvgIpc) is 3.09. The Bertz CT molecular complexity index is 762. The third kappa shape index (κ3) is 3.19. The number of rotatable bonds is 6. The number of hydrogen-bond acceptors (Lipinski definition) is 5. The zero-order chi connectivity index (χ0) is 17.1. The normalized spacial score (nSPS) is 13.3. The molecule has 0 radical (unpaired) electrons. The van der Waals surface area contributed by atoms with Gasteiger partial charge < -0.3 is 9.73 Å². The molecule has 7 nitrogen and oxygen atoms in total. The molecule has 1 aromatic carbocycles. The summed E-state index contributed by atoms with van der Waals surface area (Å²) in [6.45, 7) is 2.25. The molecule has 0 spiro atoms. The van der Waals surface area contributed by atoms with Gasteiger partial charge in [-0.05, 0) is 12.1 Å². The van der Waals surface area contributed by atoms with Gasteiger partial charge in [0.1, 0.15) is 6.26 Å². The number of nitrogens with one attached hydrogen (secondary N) is 1. The largest absolute Gasteiger partial charge is 0.449 e. The summed E-state index contributed by atoms with van der Waals surface area (Å²) in [5.74, 6) is -0.323. The molecule has 24 heavy (non-hydrogen) atoms. The molecule has 124 valence electrons. The third-order valence-electron chi connectivity index (χ3n) is 3.81. The van der Waals surface area contributed by atoms with Crippen LogP contribution in [0, 0.1) is 6.92 Å². The highest BCUT2D eigenvalue weighted by atomic mass is 16.3. The molecule has 0 aliphatic carbocycles. The van der Waals surface area contributed by atoms with E-state index in [1.165, 1.54) is 0 Å². The molecule has 2 heterocycles. The second-order valence-electron chi connectivity index (χ2n) is 5.52. The number of hydrogen-bond donors (Lipinski definition) is 1. The van der Waals surface area contributed by atoms with Crippen LogP contribution in [-0.4, -0.2) is 40.7 Å². The Labute approximate surface area is 138 Å². The van der Waals surface area contributed by atoms with Crippen LogP contribution in [-0.2, 0) is 11.2 Å². The number of benzene rings is 1. The fourth-order valence-corrected chi connectivity index (χ4v) is 2.60. The number of amides is 3. The van der Waals surface area contributed by atoms with Crippen molar-refractivity contribution in [2.75, 3.05) is 13.1 Å². The van der Waals surface area contributed by atoms with Crippen molar-refractivity contribution in [3.63, 3.8) is 0 Å². The molecular weight excluding hydrogens is 310 g/mol. The molecule has 0 saturated carbocycles. The number of carbonyl (C=O) groups excluding carboxylic acids is 3. The van der Waals surface area contributed by atoms with Crippen LogP contribution in [0.3, 0.4) is 0 Å². The molecule has 0 bridgehead atoms. The molecule has 1 aromatic heterocycles. The van der Waals surface area contributed by atoms with Crippen LogP contribution < -0.4 is 5.32 Å². The molecule has 0 atom stereocenters. The van der Waals surface area contributed by atoms with E-state index in [-0.39, 0.29) is 30.7 Å². The maximum Gasteiger partial charge on any atom is 0.261 e. The van der Waals surface area contributed by atoms with E-state index in [9.17, 15) is 14.4 Å². The van der Waals surface area contributed by atoms with Crippen molar-refractivity contribution < 1.29 is 18.8 Å². The van der Waals surface area contributed by atoms with E-state index >= 15 is 0 Å². The van der Waals surface area contributed by atoms with Crippen molar-refractivity contribution in [3.8, 4) is 0 Å². The van der Waals surface area contributed by atoms with Crippen molar-refractivity contribution in [2.24, 2.45) is 0 Å². The second-order valence-corrected chi connectivity index (χ2v) is 5.52. The van der Waals surface area contributed by atoms with Gasteiger partial charge in [-0.1, -0.05) is 12.1 Å². The Balaban J connectivity index is 1.47. The van der Waals surface area contributed by atoms with Gasteiger partial charge >= 0.3 is 0 Å². The molecule has 0 fully saturated rings. The van der Waals surface area contributed by atoms with Crippen LogP contribution in [0.25, 0.3) is 0 Å². The van der Waals surface area contributed by atoms with Crippen LogP contribution in [0.15, 0.2) is 34.9 Å². The van der Waals surface area contributed by atoms with Gasteiger partial charge in [0, 0.05) is 32.9 Å². The molecule has 1 aliphatic heterocycles. The molecule has 0 unspecified atom stereocenters. The summed E-state index contributed by atoms with van der Waals surface area (Å²) in [6.07, 6.45) is 2.19. The average molecular weight is 327 g/mol. The molecule has 1 N–H and O–H groups in total. The highest BCUT2D eigenvalue weighted by Crippen LogP contribution is 2.22. The number of imide groups is 1. The fraction of sp³-hybridized carbons (Fsp3) is 0.294. The van der Waals surface area contributed by atoms with Gasteiger partial charge in [-0.3, -0.25) is 19.3 Å². The van der Waals surface area contributed by atoms with Gasteiger partial charge in [0.15, 0.2) is 5.89 Å². The first-order valence-electron chi connectivity index (χ1n) is 7.69. The van der Waals surface area contributed by atoms with E-state index in [4.69, 9.17) is 4.42 Å². The smallest absolute Gasteiger partial charge is 0.261 e. The van der Waals surface area contributed by atoms with Crippen molar-refractivity contribution in [1.29, 1.82) is 0 Å². The highest BCUT2D eigenvalue weighted by Gasteiger charge is 2.34. The minimum atomic E-state index is -0.346. The number of fused-ring (bicyclic) bond motifs is 1. The predicted octanol–water partition coefficient (Wildman–Crippen LogP) is 1.33. The minimum Gasteiger partial charge on any atom is -0.449 e. The van der Waals surface area contributed by atoms with Gasteiger partial charge in [-0.15, -0.1) is 0 Å². The van der Waals surface area contributed by atoms with Gasteiger partial charge in [-0.25, -0.2) is 4.98 Å². The number of oxazole rings is 1. The lowest BCUT2D eigenvalue weighted by Gasteiger charge is -2.13. The van der Waals surface area contributed by atoms with E-state index in [1.54, 1.807) is 37.5 Å². The second kappa shape index (κ2) is 6.66. The lowest BCUT2D eigenvalue weighted by molar-refractivity contribution is -0.121. The first-order valence-corrected chi connectivity index (χ1v) is 7.69. The Morgan fingerprint density at radius 3 is 2.46 bits per heavy atom. The summed E-state index contributed by atoms with van der Waals surface area (Å²) in [7, 11) is 0. The van der Waals surface area contributed by atoms with Gasteiger partial charge in [0.2, 0.25) is 5.91 Å². The predicted molar refractivity (Wildman–Crippen MR) is 84.4 cm³/mol. The molecule has 0 saturated heterocycles. The SMILES string of the molecule is Cc1nc(CCNC(=O)CCN2C(=O)c3ccccc3C2=O)co1. The van der Waals surface area contributed by atoms with E-state index in [0.717, 1.165) is 10.6 Å². The van der Waals surface area contributed by atoms with Gasteiger partial charge in [0.05, 0.1) is 16.8 Å². The molecule has 7 heteroatoms. The maximum absolute atomic E-state index is 12.2. The van der Waals surface area contributed by atoms with Gasteiger partial charge in [0.25, 0.3) is 11.8 Å². The lowest BCUT2D eigenvalue weighted by Crippen LogP contribution is -2.35. The summed E-state index contributed by atoms with van der Waals surface area (Å²) in [6, 6.07) is 6.67. The van der Waals surface area contributed by atoms with Crippen LogP contribution in [0.4, 0.5) is 0 Å². The summed E-state index contributed by atoms with van der Waals surface area (Å²) in [5.41, 5.74) is 1.56. The standard InChI is InChI=1S/C17H17N3O4/c1-11-19-12(10-24-11)6-8-18-15(21)7-9-20-16(22)13-4-2-3-5-14(13)17(20)23/h2-5,10H,6-9H2,1H3,(H,18,21). The summed E-state index contributed by atoms with van der Waals surface area (Å²) < 4.78 is 5.09. The van der Waals surface area contributed by atoms with Crippen molar-refractivity contribution in [3.05, 3.63) is 53.2 Å². The maximum atomic E-state index is 12.2. The highest BCUT2D eigenvalue weighted by molar-refractivity contribution is 6.21. The molecule has 2 aromatic rings. The van der Waals surface area contributed by atoms with Crippen molar-refractivity contribution >= 4 is 17.7 Å². The summed E-state index contributed by atoms with van der Waals surface area (Å²) in [5, 5.41) is 2.75. The van der Waals surface area contributed by atoms with E-state index < -0.39 is 0 Å². The van der Waals surface area contributed by atoms with E-state index in [0.29, 0.717) is 30.0 Å². The van der Waals surface area contributed by atoms with Crippen LogP contribution in [0.2, 0.25) is 0 Å². The van der Waals surface area contributed by atoms with Crippen LogP contribution in [0.1, 0.15) is 38.7 Å². The van der Waals surface area contributed by atoms with Crippen LogP contribution >= 0.6 is 0 Å². The molecule has 3 amide bonds. The Hall–Kier alpha value is -2.96. The van der Waals surface area contributed by atoms with Crippen molar-refractivity contribution in [1.82, 2.24) is 15.2 Å². The Kier molecular flexibility index (Phi) is 4.41. The molecule has 1 aliphatic rings. The Morgan fingerprint density at radius 1 is 1.21 bits per heavy atom. The number of nitrogens with zero attached hydrogens (tertiary/aromatic N) is 2. The number of carbonyl (C=O) groups is 3. The lowest BCUT2D eigenvalue weighted by atomic mass is 10.1. The van der Waals surface area contributed by atoms with E-state index in [1.807, 2.05) is 0 Å². The minimum absolute atomic E-state index is 0.0707. The first kappa shape index (κ1) is 15.9. The number of aromatic nitrogens is 1. The van der Waals surface area contributed by atoms with Crippen molar-refractivity contribution in [2.45, 2.75) is 19.8 Å². The quantitative estimate of drug-likeness (QED) is 0.808. The summed E-state index contributed by atoms with van der Waals surface area (Å²) in [4.78, 5) is 41.5. The van der Waals surface area contributed by atoms with Gasteiger partial charge in [-0.2, -0.15) is 0 Å². The zero-order valence-electron chi connectivity index (χ0n) is 13.2. The topological polar surface area (TPSA) is 92.5 Å². The van der Waals surface area contributed by atoms with Crippen LogP contribution in [0.5, 0.6) is 0 Å². The summed E-state index contributed by atoms with van der Waals surface area (Å²) >= 11 is 0. The fourth-order valence-electron chi connectivity index (χ4n) is 2.60. The monoisotopic (exact) mass is 327 g/mol. The molecule has 3 rings (SSSR count). The molecular formula is C17H17N3O4. The van der Waals surface area contributed by atoms with E-state index in [2.05, 4.69) is 10.3 Å². The first-order chi connectivity index (χ1) is 11.6.